The number of hydrogen-bond acceptors (Lipinski definition) is 2. The summed E-state index contributed by atoms with van der Waals surface area (Å²) in [5, 5.41) is 1.76. The summed E-state index contributed by atoms with van der Waals surface area (Å²) in [6.45, 7) is 0. The summed E-state index contributed by atoms with van der Waals surface area (Å²) in [7, 11) is 1.58. The minimum atomic E-state index is -0.458. The molecule has 0 fully saturated rings. The number of methoxy groups -OCH3 is 1. The molecule has 0 saturated carbocycles. The molecule has 1 unspecified atom stereocenters. The van der Waals surface area contributed by atoms with E-state index in [0.29, 0.717) is 37.8 Å². The number of benzene rings is 3. The van der Waals surface area contributed by atoms with E-state index in [1.165, 1.54) is 0 Å². The Balaban J connectivity index is 2.00. The van der Waals surface area contributed by atoms with Gasteiger partial charge >= 0.3 is 0 Å². The standard InChI is InChI=1S/C22H16Cl4O2/c1-28-16-6-3-14(4-7-16)22(27)17(15-5-9-19(24)21(26)12-15)10-13-2-8-18(23)20(25)11-13/h2-9,11-12,17H,10H2,1H3. The molecule has 0 amide bonds. The molecular weight excluding hydrogens is 438 g/mol. The molecule has 0 N–H and O–H groups in total. The highest BCUT2D eigenvalue weighted by Gasteiger charge is 2.24. The van der Waals surface area contributed by atoms with Crippen LogP contribution in [-0.4, -0.2) is 12.9 Å². The molecule has 6 heteroatoms. The molecule has 144 valence electrons. The first kappa shape index (κ1) is 21.0. The fraction of sp³-hybridized carbons (Fsp3) is 0.136. The van der Waals surface area contributed by atoms with E-state index < -0.39 is 5.92 Å². The molecule has 0 heterocycles. The number of rotatable bonds is 6. The number of halogens is 4. The lowest BCUT2D eigenvalue weighted by Gasteiger charge is -2.18. The largest absolute Gasteiger partial charge is 0.497 e. The molecular formula is C22H16Cl4O2. The highest BCUT2D eigenvalue weighted by atomic mass is 35.5. The zero-order chi connectivity index (χ0) is 20.3. The maximum atomic E-state index is 13.3. The fourth-order valence-corrected chi connectivity index (χ4v) is 3.58. The van der Waals surface area contributed by atoms with Crippen LogP contribution in [0.3, 0.4) is 0 Å². The van der Waals surface area contributed by atoms with Crippen LogP contribution in [0.15, 0.2) is 60.7 Å². The molecule has 28 heavy (non-hydrogen) atoms. The van der Waals surface area contributed by atoms with Gasteiger partial charge in [-0.3, -0.25) is 4.79 Å². The monoisotopic (exact) mass is 452 g/mol. The first-order chi connectivity index (χ1) is 13.4. The molecule has 0 bridgehead atoms. The van der Waals surface area contributed by atoms with Crippen molar-refractivity contribution in [3.05, 3.63) is 97.4 Å². The van der Waals surface area contributed by atoms with Crippen molar-refractivity contribution in [2.24, 2.45) is 0 Å². The lowest BCUT2D eigenvalue weighted by molar-refractivity contribution is 0.0959. The summed E-state index contributed by atoms with van der Waals surface area (Å²) >= 11 is 24.4. The van der Waals surface area contributed by atoms with E-state index in [9.17, 15) is 4.79 Å². The molecule has 3 aromatic carbocycles. The van der Waals surface area contributed by atoms with Gasteiger partial charge in [0.1, 0.15) is 5.75 Å². The minimum absolute atomic E-state index is 0.0351. The maximum absolute atomic E-state index is 13.3. The van der Waals surface area contributed by atoms with Gasteiger partial charge < -0.3 is 4.74 Å². The van der Waals surface area contributed by atoms with Crippen LogP contribution in [0.1, 0.15) is 27.4 Å². The normalized spacial score (nSPS) is 11.9. The Labute approximate surface area is 183 Å². The Morgan fingerprint density at radius 1 is 0.821 bits per heavy atom. The molecule has 0 aliphatic carbocycles. The van der Waals surface area contributed by atoms with Crippen molar-refractivity contribution in [3.63, 3.8) is 0 Å². The Bertz CT molecular complexity index is 1000. The van der Waals surface area contributed by atoms with Crippen molar-refractivity contribution in [2.45, 2.75) is 12.3 Å². The molecule has 2 nitrogen and oxygen atoms in total. The van der Waals surface area contributed by atoms with Gasteiger partial charge in [0.25, 0.3) is 0 Å². The zero-order valence-corrected chi connectivity index (χ0v) is 17.9. The van der Waals surface area contributed by atoms with Gasteiger partial charge in [0.15, 0.2) is 5.78 Å². The summed E-state index contributed by atoms with van der Waals surface area (Å²) in [5.74, 6) is 0.194. The maximum Gasteiger partial charge on any atom is 0.170 e. The van der Waals surface area contributed by atoms with Gasteiger partial charge in [0.05, 0.1) is 33.1 Å². The van der Waals surface area contributed by atoms with Crippen molar-refractivity contribution >= 4 is 52.2 Å². The summed E-state index contributed by atoms with van der Waals surface area (Å²) in [6, 6.07) is 17.6. The predicted molar refractivity (Wildman–Crippen MR) is 117 cm³/mol. The SMILES string of the molecule is COc1ccc(C(=O)C(Cc2ccc(Cl)c(Cl)c2)c2ccc(Cl)c(Cl)c2)cc1. The third-order valence-electron chi connectivity index (χ3n) is 4.46. The fourth-order valence-electron chi connectivity index (χ4n) is 2.95. The molecule has 0 spiro atoms. The molecule has 0 aliphatic rings. The van der Waals surface area contributed by atoms with E-state index in [1.54, 1.807) is 55.6 Å². The van der Waals surface area contributed by atoms with Crippen LogP contribution in [0.5, 0.6) is 5.75 Å². The van der Waals surface area contributed by atoms with Crippen LogP contribution < -0.4 is 4.74 Å². The van der Waals surface area contributed by atoms with Gasteiger partial charge in [0, 0.05) is 5.56 Å². The van der Waals surface area contributed by atoms with Crippen molar-refractivity contribution in [1.82, 2.24) is 0 Å². The highest BCUT2D eigenvalue weighted by Crippen LogP contribution is 2.32. The molecule has 1 atom stereocenters. The van der Waals surface area contributed by atoms with Gasteiger partial charge in [-0.15, -0.1) is 0 Å². The van der Waals surface area contributed by atoms with Crippen LogP contribution in [-0.2, 0) is 6.42 Å². The summed E-state index contributed by atoms with van der Waals surface area (Å²) < 4.78 is 5.17. The predicted octanol–water partition coefficient (Wildman–Crippen LogP) is 7.52. The highest BCUT2D eigenvalue weighted by molar-refractivity contribution is 6.42. The van der Waals surface area contributed by atoms with Crippen molar-refractivity contribution < 1.29 is 9.53 Å². The number of carbonyl (C=O) groups excluding carboxylic acids is 1. The van der Waals surface area contributed by atoms with Crippen molar-refractivity contribution in [2.75, 3.05) is 7.11 Å². The van der Waals surface area contributed by atoms with Crippen LogP contribution in [0.4, 0.5) is 0 Å². The van der Waals surface area contributed by atoms with Gasteiger partial charge in [0.2, 0.25) is 0 Å². The third-order valence-corrected chi connectivity index (χ3v) is 5.94. The lowest BCUT2D eigenvalue weighted by Crippen LogP contribution is -2.16. The Kier molecular flexibility index (Phi) is 6.90. The Morgan fingerprint density at radius 3 is 2.00 bits per heavy atom. The zero-order valence-electron chi connectivity index (χ0n) is 14.9. The Hall–Kier alpha value is -1.71. The second-order valence-electron chi connectivity index (χ2n) is 6.27. The number of carbonyl (C=O) groups is 1. The summed E-state index contributed by atoms with van der Waals surface area (Å²) in [6.07, 6.45) is 0.444. The average molecular weight is 454 g/mol. The summed E-state index contributed by atoms with van der Waals surface area (Å²) in [5.41, 5.74) is 2.26. The van der Waals surface area contributed by atoms with Crippen LogP contribution in [0.25, 0.3) is 0 Å². The molecule has 0 aliphatic heterocycles. The quantitative estimate of drug-likeness (QED) is 0.360. The molecule has 3 aromatic rings. The van der Waals surface area contributed by atoms with E-state index in [-0.39, 0.29) is 5.78 Å². The second kappa shape index (κ2) is 9.19. The molecule has 0 saturated heterocycles. The first-order valence-corrected chi connectivity index (χ1v) is 9.97. The third kappa shape index (κ3) is 4.82. The topological polar surface area (TPSA) is 26.3 Å². The molecule has 3 rings (SSSR count). The van der Waals surface area contributed by atoms with Crippen LogP contribution in [0, 0.1) is 0 Å². The van der Waals surface area contributed by atoms with Crippen LogP contribution >= 0.6 is 46.4 Å². The molecule has 0 radical (unpaired) electrons. The summed E-state index contributed by atoms with van der Waals surface area (Å²) in [4.78, 5) is 13.3. The van der Waals surface area contributed by atoms with Gasteiger partial charge in [-0.1, -0.05) is 58.5 Å². The van der Waals surface area contributed by atoms with Crippen molar-refractivity contribution in [3.8, 4) is 5.75 Å². The van der Waals surface area contributed by atoms with E-state index in [4.69, 9.17) is 51.1 Å². The van der Waals surface area contributed by atoms with Gasteiger partial charge in [-0.25, -0.2) is 0 Å². The smallest absolute Gasteiger partial charge is 0.170 e. The number of hydrogen-bond donors (Lipinski definition) is 0. The average Bonchev–Trinajstić information content (AvgIpc) is 2.70. The second-order valence-corrected chi connectivity index (χ2v) is 7.90. The lowest BCUT2D eigenvalue weighted by atomic mass is 9.85. The Morgan fingerprint density at radius 2 is 1.43 bits per heavy atom. The number of Topliss-reactive ketones (excluding diaryl/α,β-unsaturated/α-hetero) is 1. The van der Waals surface area contributed by atoms with Gasteiger partial charge in [-0.2, -0.15) is 0 Å². The van der Waals surface area contributed by atoms with E-state index >= 15 is 0 Å². The van der Waals surface area contributed by atoms with E-state index in [2.05, 4.69) is 0 Å². The number of ether oxygens (including phenoxy) is 1. The van der Waals surface area contributed by atoms with E-state index in [0.717, 1.165) is 11.1 Å². The first-order valence-electron chi connectivity index (χ1n) is 8.46. The van der Waals surface area contributed by atoms with E-state index in [1.807, 2.05) is 12.1 Å². The number of ketones is 1. The minimum Gasteiger partial charge on any atom is -0.497 e. The van der Waals surface area contributed by atoms with Crippen molar-refractivity contribution in [1.29, 1.82) is 0 Å². The van der Waals surface area contributed by atoms with Crippen LogP contribution in [0.2, 0.25) is 20.1 Å². The van der Waals surface area contributed by atoms with Gasteiger partial charge in [-0.05, 0) is 66.1 Å². The molecule has 0 aromatic heterocycles.